The first-order valence-corrected chi connectivity index (χ1v) is 9.71. The molecule has 0 spiro atoms. The van der Waals surface area contributed by atoms with Crippen molar-refractivity contribution in [2.24, 2.45) is 0 Å². The largest absolute Gasteiger partial charge is 0.497 e. The van der Waals surface area contributed by atoms with Gasteiger partial charge in [-0.05, 0) is 36.6 Å². The monoisotopic (exact) mass is 395 g/mol. The van der Waals surface area contributed by atoms with Crippen molar-refractivity contribution in [3.05, 3.63) is 48.3 Å². The van der Waals surface area contributed by atoms with Crippen molar-refractivity contribution in [2.45, 2.75) is 25.5 Å². The SMILES string of the molecule is COc1ccc(CNc2ncnc3cc(OC)c(OCC4CCCO4)cc23)cc1. The molecule has 1 aliphatic rings. The molecular weight excluding hydrogens is 370 g/mol. The Bertz CT molecular complexity index is 956. The number of ether oxygens (including phenoxy) is 4. The number of hydrogen-bond donors (Lipinski definition) is 1. The molecule has 7 nitrogen and oxygen atoms in total. The van der Waals surface area contributed by atoms with Crippen LogP contribution in [0.15, 0.2) is 42.7 Å². The van der Waals surface area contributed by atoms with Crippen LogP contribution in [0, 0.1) is 0 Å². The molecular formula is C22H25N3O4. The van der Waals surface area contributed by atoms with Gasteiger partial charge in [-0.3, -0.25) is 0 Å². The van der Waals surface area contributed by atoms with Gasteiger partial charge in [0.25, 0.3) is 0 Å². The van der Waals surface area contributed by atoms with Gasteiger partial charge in [-0.2, -0.15) is 0 Å². The van der Waals surface area contributed by atoms with Gasteiger partial charge < -0.3 is 24.3 Å². The fourth-order valence-electron chi connectivity index (χ4n) is 3.36. The summed E-state index contributed by atoms with van der Waals surface area (Å²) in [6, 6.07) is 11.7. The molecule has 1 N–H and O–H groups in total. The van der Waals surface area contributed by atoms with E-state index in [4.69, 9.17) is 18.9 Å². The van der Waals surface area contributed by atoms with Crippen LogP contribution in [-0.2, 0) is 11.3 Å². The van der Waals surface area contributed by atoms with E-state index in [1.807, 2.05) is 36.4 Å². The topological polar surface area (TPSA) is 74.7 Å². The highest BCUT2D eigenvalue weighted by molar-refractivity contribution is 5.91. The maximum Gasteiger partial charge on any atom is 0.162 e. The summed E-state index contributed by atoms with van der Waals surface area (Å²) in [6.45, 7) is 1.94. The number of benzene rings is 2. The van der Waals surface area contributed by atoms with Crippen LogP contribution < -0.4 is 19.5 Å². The summed E-state index contributed by atoms with van der Waals surface area (Å²) < 4.78 is 22.4. The van der Waals surface area contributed by atoms with E-state index >= 15 is 0 Å². The van der Waals surface area contributed by atoms with Crippen LogP contribution in [0.5, 0.6) is 17.2 Å². The Balaban J connectivity index is 1.55. The van der Waals surface area contributed by atoms with Crippen molar-refractivity contribution in [2.75, 3.05) is 32.8 Å². The summed E-state index contributed by atoms with van der Waals surface area (Å²) in [6.07, 6.45) is 3.78. The molecule has 0 amide bonds. The van der Waals surface area contributed by atoms with Gasteiger partial charge in [0.15, 0.2) is 11.5 Å². The van der Waals surface area contributed by atoms with Crippen molar-refractivity contribution in [1.29, 1.82) is 0 Å². The molecule has 29 heavy (non-hydrogen) atoms. The van der Waals surface area contributed by atoms with Crippen LogP contribution in [0.1, 0.15) is 18.4 Å². The zero-order valence-electron chi connectivity index (χ0n) is 16.7. The summed E-state index contributed by atoms with van der Waals surface area (Å²) in [5.74, 6) is 2.89. The Morgan fingerprint density at radius 3 is 2.66 bits per heavy atom. The van der Waals surface area contributed by atoms with Gasteiger partial charge in [0.05, 0.1) is 25.8 Å². The van der Waals surface area contributed by atoms with E-state index in [0.29, 0.717) is 24.7 Å². The van der Waals surface area contributed by atoms with Crippen LogP contribution in [0.3, 0.4) is 0 Å². The molecule has 1 atom stereocenters. The Morgan fingerprint density at radius 1 is 1.07 bits per heavy atom. The van der Waals surface area contributed by atoms with Gasteiger partial charge in [0, 0.05) is 24.6 Å². The van der Waals surface area contributed by atoms with Crippen molar-refractivity contribution < 1.29 is 18.9 Å². The van der Waals surface area contributed by atoms with Crippen LogP contribution in [0.2, 0.25) is 0 Å². The number of nitrogens with one attached hydrogen (secondary N) is 1. The van der Waals surface area contributed by atoms with Gasteiger partial charge in [0.2, 0.25) is 0 Å². The Morgan fingerprint density at radius 2 is 1.93 bits per heavy atom. The molecule has 1 fully saturated rings. The summed E-state index contributed by atoms with van der Waals surface area (Å²) >= 11 is 0. The van der Waals surface area contributed by atoms with Crippen LogP contribution in [0.25, 0.3) is 10.9 Å². The van der Waals surface area contributed by atoms with Crippen molar-refractivity contribution >= 4 is 16.7 Å². The predicted molar refractivity (Wildman–Crippen MR) is 111 cm³/mol. The van der Waals surface area contributed by atoms with E-state index in [9.17, 15) is 0 Å². The summed E-state index contributed by atoms with van der Waals surface area (Å²) in [5, 5.41) is 4.27. The number of fused-ring (bicyclic) bond motifs is 1. The highest BCUT2D eigenvalue weighted by atomic mass is 16.5. The summed E-state index contributed by atoms with van der Waals surface area (Å²) in [7, 11) is 3.29. The number of nitrogens with zero attached hydrogens (tertiary/aromatic N) is 2. The fourth-order valence-corrected chi connectivity index (χ4v) is 3.36. The second-order valence-corrected chi connectivity index (χ2v) is 6.89. The molecule has 7 heteroatoms. The molecule has 2 aromatic carbocycles. The zero-order valence-corrected chi connectivity index (χ0v) is 16.7. The van der Waals surface area contributed by atoms with E-state index in [-0.39, 0.29) is 6.10 Å². The smallest absolute Gasteiger partial charge is 0.162 e. The lowest BCUT2D eigenvalue weighted by Gasteiger charge is -2.16. The molecule has 0 aliphatic carbocycles. The number of rotatable bonds is 8. The third kappa shape index (κ3) is 4.51. The average Bonchev–Trinajstić information content (AvgIpc) is 3.29. The molecule has 0 saturated carbocycles. The minimum atomic E-state index is 0.134. The lowest BCUT2D eigenvalue weighted by molar-refractivity contribution is 0.0670. The summed E-state index contributed by atoms with van der Waals surface area (Å²) in [5.41, 5.74) is 1.92. The first kappa shape index (κ1) is 19.3. The number of hydrogen-bond acceptors (Lipinski definition) is 7. The Hall–Kier alpha value is -3.06. The normalized spacial score (nSPS) is 16.0. The quantitative estimate of drug-likeness (QED) is 0.621. The number of methoxy groups -OCH3 is 2. The van der Waals surface area contributed by atoms with E-state index in [0.717, 1.165) is 47.5 Å². The maximum atomic E-state index is 6.02. The van der Waals surface area contributed by atoms with Crippen LogP contribution in [0.4, 0.5) is 5.82 Å². The second-order valence-electron chi connectivity index (χ2n) is 6.89. The van der Waals surface area contributed by atoms with Gasteiger partial charge in [-0.25, -0.2) is 9.97 Å². The van der Waals surface area contributed by atoms with E-state index < -0.39 is 0 Å². The molecule has 0 radical (unpaired) electrons. The lowest BCUT2D eigenvalue weighted by atomic mass is 10.2. The number of aromatic nitrogens is 2. The average molecular weight is 395 g/mol. The number of anilines is 1. The molecule has 0 bridgehead atoms. The molecule has 1 saturated heterocycles. The van der Waals surface area contributed by atoms with E-state index in [2.05, 4.69) is 15.3 Å². The molecule has 1 aromatic heterocycles. The first-order chi connectivity index (χ1) is 14.3. The van der Waals surface area contributed by atoms with E-state index in [1.165, 1.54) is 0 Å². The molecule has 1 aliphatic heterocycles. The minimum absolute atomic E-state index is 0.134. The Labute approximate surface area is 170 Å². The Kier molecular flexibility index (Phi) is 5.95. The third-order valence-electron chi connectivity index (χ3n) is 4.99. The fraction of sp³-hybridized carbons (Fsp3) is 0.364. The highest BCUT2D eigenvalue weighted by Gasteiger charge is 2.18. The highest BCUT2D eigenvalue weighted by Crippen LogP contribution is 2.34. The van der Waals surface area contributed by atoms with Crippen LogP contribution in [-0.4, -0.2) is 43.5 Å². The van der Waals surface area contributed by atoms with E-state index in [1.54, 1.807) is 20.5 Å². The predicted octanol–water partition coefficient (Wildman–Crippen LogP) is 3.82. The molecule has 4 rings (SSSR count). The van der Waals surface area contributed by atoms with Gasteiger partial charge in [-0.15, -0.1) is 0 Å². The van der Waals surface area contributed by atoms with Gasteiger partial charge in [0.1, 0.15) is 24.5 Å². The molecule has 3 aromatic rings. The molecule has 2 heterocycles. The standard InChI is InChI=1S/C22H25N3O4/c1-26-16-7-5-15(6-8-16)12-23-22-18-10-21(29-13-17-4-3-9-28-17)20(27-2)11-19(18)24-14-25-22/h5-8,10-11,14,17H,3-4,9,12-13H2,1-2H3,(H,23,24,25). The van der Waals surface area contributed by atoms with Crippen LogP contribution >= 0.6 is 0 Å². The minimum Gasteiger partial charge on any atom is -0.497 e. The second kappa shape index (κ2) is 8.96. The molecule has 152 valence electrons. The van der Waals surface area contributed by atoms with Crippen molar-refractivity contribution in [3.8, 4) is 17.2 Å². The lowest BCUT2D eigenvalue weighted by Crippen LogP contribution is -2.16. The van der Waals surface area contributed by atoms with Gasteiger partial charge in [-0.1, -0.05) is 12.1 Å². The summed E-state index contributed by atoms with van der Waals surface area (Å²) in [4.78, 5) is 8.80. The maximum absolute atomic E-state index is 6.02. The first-order valence-electron chi connectivity index (χ1n) is 9.71. The third-order valence-corrected chi connectivity index (χ3v) is 4.99. The van der Waals surface area contributed by atoms with Crippen molar-refractivity contribution in [3.63, 3.8) is 0 Å². The van der Waals surface area contributed by atoms with Crippen molar-refractivity contribution in [1.82, 2.24) is 9.97 Å². The molecule has 1 unspecified atom stereocenters. The van der Waals surface area contributed by atoms with Gasteiger partial charge >= 0.3 is 0 Å². The zero-order chi connectivity index (χ0) is 20.1.